The van der Waals surface area contributed by atoms with Crippen LogP contribution in [-0.4, -0.2) is 18.5 Å². The maximum atomic E-state index is 11.8. The monoisotopic (exact) mass is 276 g/mol. The lowest BCUT2D eigenvalue weighted by atomic mass is 9.88. The highest BCUT2D eigenvalue weighted by molar-refractivity contribution is 5.76. The van der Waals surface area contributed by atoms with Gasteiger partial charge in [0.1, 0.15) is 0 Å². The molecule has 3 heteroatoms. The Hall–Kier alpha value is -1.35. The smallest absolute Gasteiger partial charge is 0.220 e. The van der Waals surface area contributed by atoms with Gasteiger partial charge in [-0.15, -0.1) is 0 Å². The number of hydrogen-bond donors (Lipinski definition) is 2. The van der Waals surface area contributed by atoms with E-state index >= 15 is 0 Å². The highest BCUT2D eigenvalue weighted by Gasteiger charge is 2.16. The number of carbonyl (C=O) groups excluding carboxylic acids is 1. The van der Waals surface area contributed by atoms with Gasteiger partial charge >= 0.3 is 0 Å². The normalized spacial score (nSPS) is 13.1. The fourth-order valence-electron chi connectivity index (χ4n) is 2.32. The van der Waals surface area contributed by atoms with Crippen molar-refractivity contribution in [2.75, 3.05) is 6.54 Å². The minimum Gasteiger partial charge on any atom is -0.355 e. The Morgan fingerprint density at radius 1 is 1.35 bits per heavy atom. The molecule has 0 heterocycles. The molecule has 0 fully saturated rings. The molecular formula is C17H28N2O. The van der Waals surface area contributed by atoms with Gasteiger partial charge in [-0.3, -0.25) is 4.79 Å². The zero-order valence-electron chi connectivity index (χ0n) is 13.2. The maximum Gasteiger partial charge on any atom is 0.220 e. The average Bonchev–Trinajstić information content (AvgIpc) is 2.32. The van der Waals surface area contributed by atoms with Crippen LogP contribution in [-0.2, 0) is 11.2 Å². The van der Waals surface area contributed by atoms with Gasteiger partial charge in [-0.25, -0.2) is 0 Å². The summed E-state index contributed by atoms with van der Waals surface area (Å²) < 4.78 is 0. The first-order chi connectivity index (χ1) is 9.26. The molecule has 3 nitrogen and oxygen atoms in total. The molecule has 112 valence electrons. The molecule has 1 rings (SSSR count). The second-order valence-corrected chi connectivity index (χ2v) is 6.82. The zero-order chi connectivity index (χ0) is 15.2. The van der Waals surface area contributed by atoms with Gasteiger partial charge in [-0.2, -0.15) is 0 Å². The first-order valence-electron chi connectivity index (χ1n) is 7.34. The summed E-state index contributed by atoms with van der Waals surface area (Å²) in [5.41, 5.74) is 8.66. The molecule has 20 heavy (non-hydrogen) atoms. The standard InChI is InChI=1S/C17H28N2O/c1-13-6-5-7-14(10-13)8-9-16(20)19-12-15(18)11-17(2,3)4/h5-7,10,15H,8-9,11-12,18H2,1-4H3,(H,19,20). The van der Waals surface area contributed by atoms with Crippen LogP contribution < -0.4 is 11.1 Å². The SMILES string of the molecule is Cc1cccc(CCC(=O)NCC(N)CC(C)(C)C)c1. The Kier molecular flexibility index (Phi) is 6.21. The summed E-state index contributed by atoms with van der Waals surface area (Å²) in [6.07, 6.45) is 2.21. The van der Waals surface area contributed by atoms with E-state index in [0.717, 1.165) is 12.8 Å². The van der Waals surface area contributed by atoms with E-state index < -0.39 is 0 Å². The number of amides is 1. The summed E-state index contributed by atoms with van der Waals surface area (Å²) >= 11 is 0. The fraction of sp³-hybridized carbons (Fsp3) is 0.588. The summed E-state index contributed by atoms with van der Waals surface area (Å²) in [6.45, 7) is 9.10. The molecule has 0 bridgehead atoms. The number of aryl methyl sites for hydroxylation is 2. The van der Waals surface area contributed by atoms with Gasteiger partial charge in [0, 0.05) is 19.0 Å². The number of carbonyl (C=O) groups is 1. The van der Waals surface area contributed by atoms with Gasteiger partial charge in [0.05, 0.1) is 0 Å². The third-order valence-electron chi connectivity index (χ3n) is 3.16. The predicted octanol–water partition coefficient (Wildman–Crippen LogP) is 2.81. The zero-order valence-corrected chi connectivity index (χ0v) is 13.2. The maximum absolute atomic E-state index is 11.8. The van der Waals surface area contributed by atoms with Crippen molar-refractivity contribution in [3.63, 3.8) is 0 Å². The molecule has 0 saturated heterocycles. The van der Waals surface area contributed by atoms with Gasteiger partial charge in [0.15, 0.2) is 0 Å². The van der Waals surface area contributed by atoms with Gasteiger partial charge < -0.3 is 11.1 Å². The molecule has 1 aromatic rings. The van der Waals surface area contributed by atoms with Crippen molar-refractivity contribution >= 4 is 5.91 Å². The van der Waals surface area contributed by atoms with Crippen molar-refractivity contribution < 1.29 is 4.79 Å². The van der Waals surface area contributed by atoms with Crippen molar-refractivity contribution in [1.29, 1.82) is 0 Å². The molecule has 1 unspecified atom stereocenters. The Balaban J connectivity index is 2.27. The molecule has 3 N–H and O–H groups in total. The molecule has 0 radical (unpaired) electrons. The lowest BCUT2D eigenvalue weighted by Crippen LogP contribution is -2.39. The Labute approximate surface area is 122 Å². The van der Waals surface area contributed by atoms with E-state index in [-0.39, 0.29) is 17.4 Å². The van der Waals surface area contributed by atoms with Crippen LogP contribution in [0.5, 0.6) is 0 Å². The molecule has 0 aliphatic rings. The van der Waals surface area contributed by atoms with Gasteiger partial charge in [-0.1, -0.05) is 50.6 Å². The van der Waals surface area contributed by atoms with E-state index in [0.29, 0.717) is 13.0 Å². The second kappa shape index (κ2) is 7.44. The van der Waals surface area contributed by atoms with Crippen LogP contribution in [0.4, 0.5) is 0 Å². The van der Waals surface area contributed by atoms with Crippen molar-refractivity contribution in [1.82, 2.24) is 5.32 Å². The van der Waals surface area contributed by atoms with Crippen molar-refractivity contribution in [3.8, 4) is 0 Å². The van der Waals surface area contributed by atoms with Crippen LogP contribution >= 0.6 is 0 Å². The predicted molar refractivity (Wildman–Crippen MR) is 84.6 cm³/mol. The van der Waals surface area contributed by atoms with Crippen molar-refractivity contribution in [2.24, 2.45) is 11.1 Å². The third-order valence-corrected chi connectivity index (χ3v) is 3.16. The van der Waals surface area contributed by atoms with Gasteiger partial charge in [-0.05, 0) is 30.7 Å². The van der Waals surface area contributed by atoms with Crippen LogP contribution in [0.1, 0.15) is 44.7 Å². The van der Waals surface area contributed by atoms with E-state index in [9.17, 15) is 4.79 Å². The quantitative estimate of drug-likeness (QED) is 0.839. The molecule has 1 aromatic carbocycles. The Bertz CT molecular complexity index is 435. The van der Waals surface area contributed by atoms with Crippen LogP contribution in [0.15, 0.2) is 24.3 Å². The van der Waals surface area contributed by atoms with Crippen LogP contribution in [0.25, 0.3) is 0 Å². The Morgan fingerprint density at radius 3 is 2.65 bits per heavy atom. The Morgan fingerprint density at radius 2 is 2.05 bits per heavy atom. The highest BCUT2D eigenvalue weighted by atomic mass is 16.1. The number of hydrogen-bond acceptors (Lipinski definition) is 2. The van der Waals surface area contributed by atoms with E-state index in [1.54, 1.807) is 0 Å². The first-order valence-corrected chi connectivity index (χ1v) is 7.34. The fourth-order valence-corrected chi connectivity index (χ4v) is 2.32. The van der Waals surface area contributed by atoms with Gasteiger partial charge in [0.25, 0.3) is 0 Å². The molecular weight excluding hydrogens is 248 g/mol. The number of rotatable bonds is 6. The van der Waals surface area contributed by atoms with Crippen molar-refractivity contribution in [2.45, 2.75) is 53.0 Å². The van der Waals surface area contributed by atoms with Crippen LogP contribution in [0, 0.1) is 12.3 Å². The minimum absolute atomic E-state index is 0.0259. The molecule has 0 aromatic heterocycles. The molecule has 1 atom stereocenters. The van der Waals surface area contributed by atoms with E-state index in [1.165, 1.54) is 11.1 Å². The van der Waals surface area contributed by atoms with E-state index in [4.69, 9.17) is 5.73 Å². The topological polar surface area (TPSA) is 55.1 Å². The van der Waals surface area contributed by atoms with Crippen LogP contribution in [0.3, 0.4) is 0 Å². The number of nitrogens with two attached hydrogens (primary N) is 1. The lowest BCUT2D eigenvalue weighted by Gasteiger charge is -2.23. The molecule has 1 amide bonds. The summed E-state index contributed by atoms with van der Waals surface area (Å²) in [5, 5.41) is 2.93. The van der Waals surface area contributed by atoms with E-state index in [2.05, 4.69) is 51.2 Å². The summed E-state index contributed by atoms with van der Waals surface area (Å²) in [5.74, 6) is 0.0795. The minimum atomic E-state index is 0.0259. The lowest BCUT2D eigenvalue weighted by molar-refractivity contribution is -0.121. The van der Waals surface area contributed by atoms with Crippen molar-refractivity contribution in [3.05, 3.63) is 35.4 Å². The number of nitrogens with one attached hydrogen (secondary N) is 1. The third kappa shape index (κ3) is 7.29. The molecule has 0 aliphatic heterocycles. The molecule has 0 spiro atoms. The molecule has 0 aliphatic carbocycles. The second-order valence-electron chi connectivity index (χ2n) is 6.82. The average molecular weight is 276 g/mol. The number of benzene rings is 1. The summed E-state index contributed by atoms with van der Waals surface area (Å²) in [6, 6.07) is 8.30. The molecule has 0 saturated carbocycles. The van der Waals surface area contributed by atoms with E-state index in [1.807, 2.05) is 6.07 Å². The van der Waals surface area contributed by atoms with Gasteiger partial charge in [0.2, 0.25) is 5.91 Å². The summed E-state index contributed by atoms with van der Waals surface area (Å²) in [7, 11) is 0. The highest BCUT2D eigenvalue weighted by Crippen LogP contribution is 2.19. The largest absolute Gasteiger partial charge is 0.355 e. The van der Waals surface area contributed by atoms with Crippen LogP contribution in [0.2, 0.25) is 0 Å². The summed E-state index contributed by atoms with van der Waals surface area (Å²) in [4.78, 5) is 11.8. The first kappa shape index (κ1) is 16.7.